The molecule has 0 saturated carbocycles. The molecule has 0 aromatic heterocycles. The minimum atomic E-state index is -0.430. The van der Waals surface area contributed by atoms with Gasteiger partial charge in [0.2, 0.25) is 0 Å². The number of aliphatic hydroxyl groups is 1. The Labute approximate surface area is 73.7 Å². The molecule has 0 saturated heterocycles. The summed E-state index contributed by atoms with van der Waals surface area (Å²) in [6, 6.07) is 0. The van der Waals surface area contributed by atoms with Gasteiger partial charge in [-0.25, -0.2) is 0 Å². The lowest BCUT2D eigenvalue weighted by Crippen LogP contribution is -2.27. The van der Waals surface area contributed by atoms with E-state index in [1.54, 1.807) is 6.92 Å². The van der Waals surface area contributed by atoms with Gasteiger partial charge >= 0.3 is 5.97 Å². The van der Waals surface area contributed by atoms with Gasteiger partial charge in [0.05, 0.1) is 5.92 Å². The van der Waals surface area contributed by atoms with Gasteiger partial charge in [0.15, 0.2) is 0 Å². The molecule has 3 heteroatoms. The van der Waals surface area contributed by atoms with Crippen LogP contribution in [0.25, 0.3) is 0 Å². The number of hydrogen-bond acceptors (Lipinski definition) is 3. The summed E-state index contributed by atoms with van der Waals surface area (Å²) >= 11 is 0. The van der Waals surface area contributed by atoms with Gasteiger partial charge in [-0.2, -0.15) is 0 Å². The van der Waals surface area contributed by atoms with Gasteiger partial charge in [0.1, 0.15) is 5.60 Å². The maximum atomic E-state index is 11.2. The number of rotatable bonds is 3. The third kappa shape index (κ3) is 5.13. The number of carbonyl (C=O) groups is 1. The van der Waals surface area contributed by atoms with E-state index < -0.39 is 5.60 Å². The number of hydrogen-bond donors (Lipinski definition) is 1. The molecule has 3 nitrogen and oxygen atoms in total. The zero-order valence-corrected chi connectivity index (χ0v) is 8.26. The third-order valence-electron chi connectivity index (χ3n) is 1.37. The van der Waals surface area contributed by atoms with Crippen molar-refractivity contribution < 1.29 is 14.6 Å². The second-order valence-corrected chi connectivity index (χ2v) is 3.95. The zero-order chi connectivity index (χ0) is 9.78. The molecule has 12 heavy (non-hydrogen) atoms. The molecule has 0 rings (SSSR count). The second-order valence-electron chi connectivity index (χ2n) is 3.95. The summed E-state index contributed by atoms with van der Waals surface area (Å²) in [5.74, 6) is -0.453. The molecule has 1 atom stereocenters. The summed E-state index contributed by atoms with van der Waals surface area (Å²) < 4.78 is 5.10. The van der Waals surface area contributed by atoms with Gasteiger partial charge in [0, 0.05) is 6.61 Å². The van der Waals surface area contributed by atoms with Crippen LogP contribution in [0.15, 0.2) is 0 Å². The number of ether oxygens (including phenoxy) is 1. The summed E-state index contributed by atoms with van der Waals surface area (Å²) in [5.41, 5.74) is -0.430. The standard InChI is InChI=1S/C9H18O3/c1-7(5-6-10)8(11)12-9(2,3)4/h7,10H,5-6H2,1-4H3. The third-order valence-corrected chi connectivity index (χ3v) is 1.37. The molecule has 1 N–H and O–H groups in total. The number of aliphatic hydroxyl groups excluding tert-OH is 1. The molecular formula is C9H18O3. The van der Waals surface area contributed by atoms with E-state index in [0.717, 1.165) is 0 Å². The van der Waals surface area contributed by atoms with E-state index in [1.165, 1.54) is 0 Å². The quantitative estimate of drug-likeness (QED) is 0.657. The van der Waals surface area contributed by atoms with Crippen molar-refractivity contribution in [2.45, 2.75) is 39.7 Å². The Bertz CT molecular complexity index is 146. The highest BCUT2D eigenvalue weighted by atomic mass is 16.6. The molecule has 0 spiro atoms. The van der Waals surface area contributed by atoms with Crippen LogP contribution in [0.1, 0.15) is 34.1 Å². The summed E-state index contributed by atoms with van der Waals surface area (Å²) in [6.07, 6.45) is 0.467. The molecule has 0 aromatic rings. The Kier molecular flexibility index (Phi) is 4.24. The van der Waals surface area contributed by atoms with Crippen LogP contribution in [0, 0.1) is 5.92 Å². The second kappa shape index (κ2) is 4.45. The molecule has 1 unspecified atom stereocenters. The van der Waals surface area contributed by atoms with Gasteiger partial charge in [-0.1, -0.05) is 6.92 Å². The predicted octanol–water partition coefficient (Wildman–Crippen LogP) is 1.35. The maximum Gasteiger partial charge on any atom is 0.309 e. The first-order valence-electron chi connectivity index (χ1n) is 4.20. The zero-order valence-electron chi connectivity index (χ0n) is 8.26. The van der Waals surface area contributed by atoms with E-state index in [2.05, 4.69) is 0 Å². The Morgan fingerprint density at radius 2 is 2.00 bits per heavy atom. The molecule has 0 aliphatic carbocycles. The molecule has 0 aliphatic rings. The van der Waals surface area contributed by atoms with Crippen LogP contribution in [0.5, 0.6) is 0 Å². The molecule has 72 valence electrons. The van der Waals surface area contributed by atoms with Crippen molar-refractivity contribution in [2.75, 3.05) is 6.61 Å². The molecule has 0 heterocycles. The summed E-state index contributed by atoms with van der Waals surface area (Å²) in [7, 11) is 0. The van der Waals surface area contributed by atoms with Crippen LogP contribution >= 0.6 is 0 Å². The van der Waals surface area contributed by atoms with Crippen molar-refractivity contribution in [2.24, 2.45) is 5.92 Å². The van der Waals surface area contributed by atoms with Gasteiger partial charge in [-0.3, -0.25) is 4.79 Å². The van der Waals surface area contributed by atoms with Crippen LogP contribution in [-0.2, 0) is 9.53 Å². The Hall–Kier alpha value is -0.570. The van der Waals surface area contributed by atoms with Gasteiger partial charge in [0.25, 0.3) is 0 Å². The number of carbonyl (C=O) groups excluding carboxylic acids is 1. The first kappa shape index (κ1) is 11.4. The maximum absolute atomic E-state index is 11.2. The normalized spacial score (nSPS) is 14.1. The van der Waals surface area contributed by atoms with Crippen LogP contribution in [-0.4, -0.2) is 23.3 Å². The molecule has 0 aromatic carbocycles. The van der Waals surface area contributed by atoms with E-state index >= 15 is 0 Å². The molecule has 0 radical (unpaired) electrons. The van der Waals surface area contributed by atoms with Crippen molar-refractivity contribution >= 4 is 5.97 Å². The van der Waals surface area contributed by atoms with Crippen molar-refractivity contribution in [3.63, 3.8) is 0 Å². The smallest absolute Gasteiger partial charge is 0.309 e. The van der Waals surface area contributed by atoms with E-state index in [4.69, 9.17) is 9.84 Å². The van der Waals surface area contributed by atoms with E-state index in [9.17, 15) is 4.79 Å². The fourth-order valence-electron chi connectivity index (χ4n) is 0.714. The lowest BCUT2D eigenvalue weighted by molar-refractivity contribution is -0.159. The SMILES string of the molecule is CC(CCO)C(=O)OC(C)(C)C. The van der Waals surface area contributed by atoms with Gasteiger partial charge in [-0.15, -0.1) is 0 Å². The average Bonchev–Trinajstić information content (AvgIpc) is 1.84. The molecular weight excluding hydrogens is 156 g/mol. The Balaban J connectivity index is 3.87. The van der Waals surface area contributed by atoms with Crippen molar-refractivity contribution in [1.29, 1.82) is 0 Å². The highest BCUT2D eigenvalue weighted by molar-refractivity contribution is 5.72. The molecule has 0 amide bonds. The fourth-order valence-corrected chi connectivity index (χ4v) is 0.714. The highest BCUT2D eigenvalue weighted by Gasteiger charge is 2.20. The first-order valence-corrected chi connectivity index (χ1v) is 4.20. The average molecular weight is 174 g/mol. The monoisotopic (exact) mass is 174 g/mol. The fraction of sp³-hybridized carbons (Fsp3) is 0.889. The lowest BCUT2D eigenvalue weighted by Gasteiger charge is -2.21. The molecule has 0 aliphatic heterocycles. The van der Waals surface area contributed by atoms with Crippen LogP contribution in [0.2, 0.25) is 0 Å². The minimum Gasteiger partial charge on any atom is -0.460 e. The largest absolute Gasteiger partial charge is 0.460 e. The van der Waals surface area contributed by atoms with Crippen LogP contribution < -0.4 is 0 Å². The predicted molar refractivity (Wildman–Crippen MR) is 46.7 cm³/mol. The van der Waals surface area contributed by atoms with Crippen LogP contribution in [0.3, 0.4) is 0 Å². The molecule has 0 bridgehead atoms. The minimum absolute atomic E-state index is 0.0282. The summed E-state index contributed by atoms with van der Waals surface area (Å²) in [5, 5.41) is 8.58. The van der Waals surface area contributed by atoms with Gasteiger partial charge < -0.3 is 9.84 Å². The van der Waals surface area contributed by atoms with Gasteiger partial charge in [-0.05, 0) is 27.2 Å². The Morgan fingerprint density at radius 3 is 2.33 bits per heavy atom. The lowest BCUT2D eigenvalue weighted by atomic mass is 10.1. The van der Waals surface area contributed by atoms with E-state index in [1.807, 2.05) is 20.8 Å². The van der Waals surface area contributed by atoms with E-state index in [-0.39, 0.29) is 18.5 Å². The number of esters is 1. The Morgan fingerprint density at radius 1 is 1.50 bits per heavy atom. The summed E-state index contributed by atoms with van der Waals surface area (Å²) in [6.45, 7) is 7.27. The van der Waals surface area contributed by atoms with Crippen molar-refractivity contribution in [1.82, 2.24) is 0 Å². The van der Waals surface area contributed by atoms with Crippen LogP contribution in [0.4, 0.5) is 0 Å². The van der Waals surface area contributed by atoms with Crippen molar-refractivity contribution in [3.8, 4) is 0 Å². The molecule has 0 fully saturated rings. The highest BCUT2D eigenvalue weighted by Crippen LogP contribution is 2.12. The van der Waals surface area contributed by atoms with Crippen molar-refractivity contribution in [3.05, 3.63) is 0 Å². The first-order chi connectivity index (χ1) is 5.37. The summed E-state index contributed by atoms with van der Waals surface area (Å²) in [4.78, 5) is 11.2. The van der Waals surface area contributed by atoms with E-state index in [0.29, 0.717) is 6.42 Å². The topological polar surface area (TPSA) is 46.5 Å².